The van der Waals surface area contributed by atoms with Crippen molar-refractivity contribution in [2.45, 2.75) is 30.4 Å². The summed E-state index contributed by atoms with van der Waals surface area (Å²) in [6, 6.07) is 6.84. The zero-order chi connectivity index (χ0) is 18.6. The van der Waals surface area contributed by atoms with E-state index in [-0.39, 0.29) is 5.16 Å². The van der Waals surface area contributed by atoms with E-state index >= 15 is 0 Å². The summed E-state index contributed by atoms with van der Waals surface area (Å²) in [7, 11) is 0. The molecule has 0 fully saturated rings. The van der Waals surface area contributed by atoms with Crippen LogP contribution >= 0.6 is 11.8 Å². The first-order valence-electron chi connectivity index (χ1n) is 7.21. The minimum absolute atomic E-state index is 0.215. The number of nitrogen functional groups attached to an aromatic ring is 1. The molecule has 0 saturated carbocycles. The van der Waals surface area contributed by atoms with Crippen LogP contribution in [0.1, 0.15) is 19.7 Å². The Morgan fingerprint density at radius 3 is 2.68 bits per heavy atom. The molecule has 0 spiro atoms. The number of anilines is 1. The zero-order valence-corrected chi connectivity index (χ0v) is 14.2. The highest BCUT2D eigenvalue weighted by Crippen LogP contribution is 2.31. The number of aromatic nitrogens is 3. The Morgan fingerprint density at radius 2 is 2.08 bits per heavy atom. The van der Waals surface area contributed by atoms with Gasteiger partial charge in [0.15, 0.2) is 0 Å². The molecular weight excluding hydrogens is 359 g/mol. The number of thioether (sulfide) groups is 1. The van der Waals surface area contributed by atoms with Crippen LogP contribution in [0.15, 0.2) is 29.4 Å². The van der Waals surface area contributed by atoms with E-state index in [4.69, 9.17) is 10.6 Å². The number of para-hydroxylation sites is 2. The summed E-state index contributed by atoms with van der Waals surface area (Å²) in [5, 5.41) is 8.09. The normalized spacial score (nSPS) is 12.7. The van der Waals surface area contributed by atoms with E-state index in [2.05, 4.69) is 15.5 Å². The van der Waals surface area contributed by atoms with Gasteiger partial charge in [0.25, 0.3) is 5.82 Å². The summed E-state index contributed by atoms with van der Waals surface area (Å²) >= 11 is 0.765. The van der Waals surface area contributed by atoms with Gasteiger partial charge in [0.1, 0.15) is 5.75 Å². The van der Waals surface area contributed by atoms with E-state index in [0.717, 1.165) is 11.8 Å². The molecule has 25 heavy (non-hydrogen) atoms. The molecule has 0 radical (unpaired) electrons. The lowest BCUT2D eigenvalue weighted by Gasteiger charge is -2.14. The van der Waals surface area contributed by atoms with Gasteiger partial charge in [-0.05, 0) is 26.0 Å². The average molecular weight is 375 g/mol. The van der Waals surface area contributed by atoms with Crippen LogP contribution in [0.25, 0.3) is 0 Å². The number of alkyl halides is 3. The van der Waals surface area contributed by atoms with Crippen LogP contribution in [0.2, 0.25) is 0 Å². The molecule has 1 heterocycles. The third-order valence-corrected chi connectivity index (χ3v) is 4.07. The number of nitrogens with one attached hydrogen (secondary N) is 1. The first kappa shape index (κ1) is 18.9. The van der Waals surface area contributed by atoms with E-state index in [1.165, 1.54) is 6.92 Å². The van der Waals surface area contributed by atoms with Crippen LogP contribution in [0.3, 0.4) is 0 Å². The fraction of sp³-hybridized carbons (Fsp3) is 0.357. The Labute approximate surface area is 145 Å². The number of rotatable bonds is 6. The number of carbonyl (C=O) groups is 1. The van der Waals surface area contributed by atoms with Gasteiger partial charge < -0.3 is 15.9 Å². The Kier molecular flexibility index (Phi) is 5.77. The molecule has 3 N–H and O–H groups in total. The minimum Gasteiger partial charge on any atom is -0.492 e. The predicted molar refractivity (Wildman–Crippen MR) is 86.7 cm³/mol. The minimum atomic E-state index is -4.72. The van der Waals surface area contributed by atoms with Gasteiger partial charge in [0.2, 0.25) is 11.1 Å². The zero-order valence-electron chi connectivity index (χ0n) is 13.4. The van der Waals surface area contributed by atoms with E-state index in [9.17, 15) is 18.0 Å². The maximum atomic E-state index is 12.7. The molecule has 0 aliphatic heterocycles. The second-order valence-electron chi connectivity index (χ2n) is 4.85. The Bertz CT molecular complexity index is 750. The molecule has 11 heteroatoms. The summed E-state index contributed by atoms with van der Waals surface area (Å²) < 4.78 is 43.7. The molecule has 0 aliphatic rings. The van der Waals surface area contributed by atoms with Crippen molar-refractivity contribution in [3.8, 4) is 5.75 Å². The SMILES string of the molecule is CCOc1ccccc1NC(=O)C(C)Sc1nnc(C(F)(F)F)n1N. The summed E-state index contributed by atoms with van der Waals surface area (Å²) in [5.74, 6) is 4.08. The van der Waals surface area contributed by atoms with E-state index in [0.29, 0.717) is 22.7 Å². The maximum absolute atomic E-state index is 12.7. The first-order chi connectivity index (χ1) is 11.7. The number of hydrogen-bond acceptors (Lipinski definition) is 6. The number of halogens is 3. The number of benzene rings is 1. The molecule has 1 aromatic heterocycles. The van der Waals surface area contributed by atoms with Gasteiger partial charge in [0.05, 0.1) is 17.5 Å². The number of nitrogens with zero attached hydrogens (tertiary/aromatic N) is 3. The third-order valence-electron chi connectivity index (χ3n) is 3.01. The van der Waals surface area contributed by atoms with Gasteiger partial charge in [-0.1, -0.05) is 23.9 Å². The van der Waals surface area contributed by atoms with Crippen molar-refractivity contribution in [3.63, 3.8) is 0 Å². The Balaban J connectivity index is 2.08. The van der Waals surface area contributed by atoms with Crippen LogP contribution < -0.4 is 15.9 Å². The number of nitrogens with two attached hydrogens (primary N) is 1. The smallest absolute Gasteiger partial charge is 0.453 e. The number of ether oxygens (including phenoxy) is 1. The fourth-order valence-corrected chi connectivity index (χ4v) is 2.62. The van der Waals surface area contributed by atoms with E-state index < -0.39 is 23.2 Å². The molecule has 1 amide bonds. The second-order valence-corrected chi connectivity index (χ2v) is 6.16. The molecule has 0 saturated heterocycles. The monoisotopic (exact) mass is 375 g/mol. The molecule has 136 valence electrons. The van der Waals surface area contributed by atoms with Crippen LogP contribution in [-0.4, -0.2) is 32.6 Å². The first-order valence-corrected chi connectivity index (χ1v) is 8.09. The number of carbonyl (C=O) groups excluding carboxylic acids is 1. The maximum Gasteiger partial charge on any atom is 0.453 e. The lowest BCUT2D eigenvalue weighted by Crippen LogP contribution is -2.25. The number of amides is 1. The number of hydrogen-bond donors (Lipinski definition) is 2. The Morgan fingerprint density at radius 1 is 1.40 bits per heavy atom. The largest absolute Gasteiger partial charge is 0.492 e. The summed E-state index contributed by atoms with van der Waals surface area (Å²) in [5.41, 5.74) is 0.465. The van der Waals surface area contributed by atoms with Gasteiger partial charge in [-0.15, -0.1) is 10.2 Å². The topological polar surface area (TPSA) is 95.1 Å². The van der Waals surface area contributed by atoms with E-state index in [1.807, 2.05) is 6.92 Å². The van der Waals surface area contributed by atoms with Crippen molar-refractivity contribution in [2.24, 2.45) is 0 Å². The van der Waals surface area contributed by atoms with Crippen LogP contribution in [0.4, 0.5) is 18.9 Å². The highest BCUT2D eigenvalue weighted by atomic mass is 32.2. The Hall–Kier alpha value is -2.43. The second kappa shape index (κ2) is 7.64. The van der Waals surface area contributed by atoms with Crippen molar-refractivity contribution in [1.29, 1.82) is 0 Å². The molecule has 2 rings (SSSR count). The van der Waals surface area contributed by atoms with Crippen LogP contribution in [0.5, 0.6) is 5.75 Å². The van der Waals surface area contributed by atoms with Crippen molar-refractivity contribution in [2.75, 3.05) is 17.8 Å². The van der Waals surface area contributed by atoms with Crippen LogP contribution in [0, 0.1) is 0 Å². The average Bonchev–Trinajstić information content (AvgIpc) is 2.90. The molecule has 2 aromatic rings. The van der Waals surface area contributed by atoms with Gasteiger partial charge in [0, 0.05) is 0 Å². The molecular formula is C14H16F3N5O2S. The quantitative estimate of drug-likeness (QED) is 0.595. The van der Waals surface area contributed by atoms with E-state index in [1.54, 1.807) is 24.3 Å². The molecule has 0 bridgehead atoms. The van der Waals surface area contributed by atoms with Crippen molar-refractivity contribution in [3.05, 3.63) is 30.1 Å². The van der Waals surface area contributed by atoms with Crippen molar-refractivity contribution in [1.82, 2.24) is 14.9 Å². The third kappa shape index (κ3) is 4.56. The van der Waals surface area contributed by atoms with Gasteiger partial charge in [-0.3, -0.25) is 4.79 Å². The molecule has 1 aromatic carbocycles. The lowest BCUT2D eigenvalue weighted by molar-refractivity contribution is -0.146. The molecule has 7 nitrogen and oxygen atoms in total. The molecule has 1 unspecified atom stereocenters. The molecule has 0 aliphatic carbocycles. The van der Waals surface area contributed by atoms with Crippen molar-refractivity contribution < 1.29 is 22.7 Å². The fourth-order valence-electron chi connectivity index (χ4n) is 1.85. The van der Waals surface area contributed by atoms with Gasteiger partial charge in [-0.25, -0.2) is 4.68 Å². The highest BCUT2D eigenvalue weighted by molar-refractivity contribution is 8.00. The molecule has 1 atom stereocenters. The predicted octanol–water partition coefficient (Wildman–Crippen LogP) is 2.53. The van der Waals surface area contributed by atoms with Gasteiger partial charge >= 0.3 is 6.18 Å². The van der Waals surface area contributed by atoms with Crippen LogP contribution in [-0.2, 0) is 11.0 Å². The summed E-state index contributed by atoms with van der Waals surface area (Å²) in [6.45, 7) is 3.75. The summed E-state index contributed by atoms with van der Waals surface area (Å²) in [4.78, 5) is 12.3. The highest BCUT2D eigenvalue weighted by Gasteiger charge is 2.38. The standard InChI is InChI=1S/C14H16F3N5O2S/c1-3-24-10-7-5-4-6-9(10)19-11(23)8(2)25-13-21-20-12(22(13)18)14(15,16)17/h4-8H,3,18H2,1-2H3,(H,19,23). The summed E-state index contributed by atoms with van der Waals surface area (Å²) in [6.07, 6.45) is -4.72. The van der Waals surface area contributed by atoms with Crippen molar-refractivity contribution >= 4 is 23.4 Å². The van der Waals surface area contributed by atoms with Gasteiger partial charge in [-0.2, -0.15) is 13.2 Å². The lowest BCUT2D eigenvalue weighted by atomic mass is 10.3.